The molecule has 0 saturated heterocycles. The summed E-state index contributed by atoms with van der Waals surface area (Å²) in [6.45, 7) is 4.18. The Morgan fingerprint density at radius 3 is 1.40 bits per heavy atom. The summed E-state index contributed by atoms with van der Waals surface area (Å²) < 4.78 is 0. The zero-order valence-electron chi connectivity index (χ0n) is 12.4. The Labute approximate surface area is 133 Å². The van der Waals surface area contributed by atoms with E-state index < -0.39 is 0 Å². The first kappa shape index (κ1) is 17.0. The maximum absolute atomic E-state index is 4.22. The minimum atomic E-state index is 0. The van der Waals surface area contributed by atoms with Crippen LogP contribution in [0, 0.1) is 0 Å². The fourth-order valence-corrected chi connectivity index (χ4v) is 1.86. The van der Waals surface area contributed by atoms with Crippen molar-refractivity contribution < 1.29 is 18.9 Å². The van der Waals surface area contributed by atoms with Gasteiger partial charge in [-0.25, -0.2) is 0 Å². The summed E-state index contributed by atoms with van der Waals surface area (Å²) >= 11 is 0. The minimum absolute atomic E-state index is 0. The molecule has 2 aromatic rings. The summed E-state index contributed by atoms with van der Waals surface area (Å²) in [6.07, 6.45) is 0. The molecule has 0 aliphatic heterocycles. The smallest absolute Gasteiger partial charge is 0.532 e. The zero-order valence-corrected chi connectivity index (χ0v) is 12.4. The normalized spacial score (nSPS) is 13.3. The van der Waals surface area contributed by atoms with E-state index >= 15 is 0 Å². The molecule has 0 aliphatic carbocycles. The fourth-order valence-electron chi connectivity index (χ4n) is 1.86. The van der Waals surface area contributed by atoms with Crippen molar-refractivity contribution in [2.45, 2.75) is 25.9 Å². The van der Waals surface area contributed by atoms with Crippen LogP contribution < -0.4 is 29.7 Å². The molecule has 0 aromatic heterocycles. The molecule has 2 aromatic carbocycles. The fraction of sp³-hybridized carbons (Fsp3) is 0.250. The van der Waals surface area contributed by atoms with Gasteiger partial charge in [0.2, 0.25) is 0 Å². The van der Waals surface area contributed by atoms with E-state index in [-0.39, 0.29) is 30.9 Å². The summed E-state index contributed by atoms with van der Waals surface area (Å²) in [6, 6.07) is 20.9. The van der Waals surface area contributed by atoms with E-state index in [2.05, 4.69) is 54.5 Å². The van der Waals surface area contributed by atoms with Gasteiger partial charge >= 0.3 is 18.9 Å². The second-order valence-corrected chi connectivity index (χ2v) is 4.63. The van der Waals surface area contributed by atoms with Crippen molar-refractivity contribution >= 4 is 0 Å². The second kappa shape index (κ2) is 8.96. The number of nitrogens with zero attached hydrogens (tertiary/aromatic N) is 1. The first-order valence-corrected chi connectivity index (χ1v) is 6.58. The molecule has 0 amide bonds. The van der Waals surface area contributed by atoms with Gasteiger partial charge in [0, 0.05) is 12.1 Å². The molecule has 0 fully saturated rings. The van der Waals surface area contributed by atoms with E-state index in [9.17, 15) is 0 Å². The number of benzene rings is 2. The van der Waals surface area contributed by atoms with Crippen molar-refractivity contribution in [3.05, 3.63) is 77.3 Å². The van der Waals surface area contributed by atoms with Gasteiger partial charge in [-0.05, 0) is 25.0 Å². The zero-order chi connectivity index (χ0) is 13.5. The third-order valence-electron chi connectivity index (χ3n) is 3.12. The SMILES string of the molecule is C[C@H](N[N-]N[C@@H](C)c1ccccc1)c1ccccc1.[Li+]. The first-order chi connectivity index (χ1) is 9.27. The van der Waals surface area contributed by atoms with Crippen LogP contribution in [-0.4, -0.2) is 0 Å². The third kappa shape index (κ3) is 5.13. The monoisotopic (exact) mass is 261 g/mol. The molecule has 2 atom stereocenters. The summed E-state index contributed by atoms with van der Waals surface area (Å²) in [5, 5.41) is 0. The topological polar surface area (TPSA) is 38.2 Å². The third-order valence-corrected chi connectivity index (χ3v) is 3.12. The maximum atomic E-state index is 4.22. The molecule has 100 valence electrons. The Hall–Kier alpha value is -1.08. The van der Waals surface area contributed by atoms with Crippen LogP contribution in [0.4, 0.5) is 0 Å². The van der Waals surface area contributed by atoms with Gasteiger partial charge in [-0.15, -0.1) is 0 Å². The molecule has 20 heavy (non-hydrogen) atoms. The van der Waals surface area contributed by atoms with E-state index in [1.54, 1.807) is 0 Å². The van der Waals surface area contributed by atoms with E-state index in [0.717, 1.165) is 0 Å². The summed E-state index contributed by atoms with van der Waals surface area (Å²) in [5.74, 6) is 0. The van der Waals surface area contributed by atoms with E-state index in [0.29, 0.717) is 0 Å². The van der Waals surface area contributed by atoms with Gasteiger partial charge in [0.05, 0.1) is 0 Å². The van der Waals surface area contributed by atoms with Crippen molar-refractivity contribution in [2.24, 2.45) is 0 Å². The van der Waals surface area contributed by atoms with Crippen molar-refractivity contribution in [3.63, 3.8) is 0 Å². The van der Waals surface area contributed by atoms with Crippen molar-refractivity contribution in [1.82, 2.24) is 10.9 Å². The van der Waals surface area contributed by atoms with Gasteiger partial charge in [0.15, 0.2) is 0 Å². The van der Waals surface area contributed by atoms with Crippen LogP contribution in [-0.2, 0) is 0 Å². The molecule has 3 nitrogen and oxygen atoms in total. The summed E-state index contributed by atoms with van der Waals surface area (Å²) in [5.41, 5.74) is 12.9. The molecular formula is C16H20LiN3. The molecular weight excluding hydrogens is 241 g/mol. The largest absolute Gasteiger partial charge is 1.00 e. The standard InChI is InChI=1S/C16H20N3.Li/c1-13(15-9-5-3-6-10-15)17-19-18-14(2)16-11-7-4-8-12-16;/h3-14,17-18H,1-2H3;/q-1;+1/t13-,14-;/m0./s1. The van der Waals surface area contributed by atoms with E-state index in [1.165, 1.54) is 11.1 Å². The van der Waals surface area contributed by atoms with Crippen LogP contribution in [0.2, 0.25) is 0 Å². The second-order valence-electron chi connectivity index (χ2n) is 4.63. The number of hydrogen-bond donors (Lipinski definition) is 2. The minimum Gasteiger partial charge on any atom is -0.532 e. The number of hydrogen-bond acceptors (Lipinski definition) is 2. The average molecular weight is 261 g/mol. The summed E-state index contributed by atoms with van der Waals surface area (Å²) in [4.78, 5) is 0. The molecule has 2 N–H and O–H groups in total. The molecule has 0 aliphatic rings. The Morgan fingerprint density at radius 1 is 0.700 bits per heavy atom. The Bertz CT molecular complexity index is 430. The molecule has 0 unspecified atom stereocenters. The van der Waals surface area contributed by atoms with Crippen LogP contribution in [0.1, 0.15) is 37.1 Å². The van der Waals surface area contributed by atoms with Crippen LogP contribution in [0.3, 0.4) is 0 Å². The van der Waals surface area contributed by atoms with Crippen molar-refractivity contribution in [3.8, 4) is 0 Å². The molecule has 0 saturated carbocycles. The van der Waals surface area contributed by atoms with Crippen LogP contribution in [0.5, 0.6) is 0 Å². The predicted octanol–water partition coefficient (Wildman–Crippen LogP) is 0.896. The van der Waals surface area contributed by atoms with Gasteiger partial charge < -0.3 is 16.4 Å². The number of nitrogens with one attached hydrogen (secondary N) is 2. The van der Waals surface area contributed by atoms with E-state index in [1.807, 2.05) is 36.4 Å². The van der Waals surface area contributed by atoms with Gasteiger partial charge in [0.25, 0.3) is 0 Å². The Morgan fingerprint density at radius 2 is 1.05 bits per heavy atom. The van der Waals surface area contributed by atoms with E-state index in [4.69, 9.17) is 0 Å². The van der Waals surface area contributed by atoms with Gasteiger partial charge in [0.1, 0.15) is 0 Å². The molecule has 0 heterocycles. The number of rotatable bonds is 6. The van der Waals surface area contributed by atoms with Gasteiger partial charge in [-0.1, -0.05) is 60.7 Å². The van der Waals surface area contributed by atoms with Crippen molar-refractivity contribution in [2.75, 3.05) is 0 Å². The maximum Gasteiger partial charge on any atom is 1.00 e. The Kier molecular flexibility index (Phi) is 7.61. The molecule has 0 radical (unpaired) electrons. The van der Waals surface area contributed by atoms with Crippen LogP contribution in [0.25, 0.3) is 5.53 Å². The Balaban J connectivity index is 0.00000200. The predicted molar refractivity (Wildman–Crippen MR) is 79.3 cm³/mol. The van der Waals surface area contributed by atoms with Crippen LogP contribution >= 0.6 is 0 Å². The molecule has 0 bridgehead atoms. The quantitative estimate of drug-likeness (QED) is 0.599. The van der Waals surface area contributed by atoms with Crippen LogP contribution in [0.15, 0.2) is 60.7 Å². The molecule has 4 heteroatoms. The first-order valence-electron chi connectivity index (χ1n) is 6.58. The molecule has 2 rings (SSSR count). The average Bonchev–Trinajstić information content (AvgIpc) is 2.49. The van der Waals surface area contributed by atoms with Gasteiger partial charge in [-0.3, -0.25) is 0 Å². The molecule has 0 spiro atoms. The van der Waals surface area contributed by atoms with Gasteiger partial charge in [-0.2, -0.15) is 0 Å². The summed E-state index contributed by atoms with van der Waals surface area (Å²) in [7, 11) is 0. The van der Waals surface area contributed by atoms with Crippen molar-refractivity contribution in [1.29, 1.82) is 0 Å².